The molecular weight excluding hydrogens is 540 g/mol. The number of nitrogens with zero attached hydrogens (tertiary/aromatic N) is 1. The second-order valence-electron chi connectivity index (χ2n) is 15.1. The molecule has 1 N–H and O–H groups in total. The summed E-state index contributed by atoms with van der Waals surface area (Å²) in [7, 11) is 3.73. The van der Waals surface area contributed by atoms with Crippen LogP contribution >= 0.6 is 0 Å². The van der Waals surface area contributed by atoms with Gasteiger partial charge in [-0.1, -0.05) is 18.2 Å². The monoisotopic (exact) mass is 584 g/mol. The molecule has 2 aromatic rings. The summed E-state index contributed by atoms with van der Waals surface area (Å²) in [5, 5.41) is 2.85. The Morgan fingerprint density at radius 2 is 1.95 bits per heavy atom. The average molecular weight is 585 g/mol. The van der Waals surface area contributed by atoms with Crippen LogP contribution in [-0.2, 0) is 32.7 Å². The van der Waals surface area contributed by atoms with Crippen LogP contribution in [-0.4, -0.2) is 63.0 Å². The minimum Gasteiger partial charge on any atom is -0.493 e. The summed E-state index contributed by atoms with van der Waals surface area (Å²) in [6.45, 7) is 6.00. The first-order valence-electron chi connectivity index (χ1n) is 16.4. The van der Waals surface area contributed by atoms with Crippen molar-refractivity contribution in [3.8, 4) is 11.5 Å². The van der Waals surface area contributed by atoms with E-state index < -0.39 is 0 Å². The van der Waals surface area contributed by atoms with Gasteiger partial charge in [0.1, 0.15) is 0 Å². The maximum atomic E-state index is 11.4. The molecule has 4 bridgehead atoms. The van der Waals surface area contributed by atoms with Gasteiger partial charge in [0.2, 0.25) is 5.91 Å². The molecule has 1 saturated heterocycles. The zero-order valence-corrected chi connectivity index (χ0v) is 25.7. The molecule has 8 aliphatic rings. The summed E-state index contributed by atoms with van der Waals surface area (Å²) in [6, 6.07) is 13.2. The Balaban J connectivity index is 1.09. The molecular formula is C36H44N2O5. The Morgan fingerprint density at radius 1 is 1.12 bits per heavy atom. The zero-order valence-electron chi connectivity index (χ0n) is 25.7. The second-order valence-corrected chi connectivity index (χ2v) is 15.1. The molecule has 2 aromatic carbocycles. The SMILES string of the molecule is COc1ccc2c3c1OCC1C4(OC)CCC5(CC4COCc4ccc(NC(C)=O)cc4)C4N(CC6CC6)CC4(C2)CC315. The zero-order chi connectivity index (χ0) is 29.2. The lowest BCUT2D eigenvalue weighted by molar-refractivity contribution is -0.264. The van der Waals surface area contributed by atoms with E-state index in [2.05, 4.69) is 22.3 Å². The van der Waals surface area contributed by atoms with Gasteiger partial charge in [0, 0.05) is 67.1 Å². The molecule has 1 amide bonds. The van der Waals surface area contributed by atoms with Crippen molar-refractivity contribution in [2.45, 2.75) is 75.5 Å². The first-order valence-corrected chi connectivity index (χ1v) is 16.4. The van der Waals surface area contributed by atoms with Crippen LogP contribution in [0.1, 0.15) is 62.1 Å². The maximum Gasteiger partial charge on any atom is 0.221 e. The molecule has 3 spiro atoms. The minimum absolute atomic E-state index is 0.0569. The molecule has 6 fully saturated rings. The van der Waals surface area contributed by atoms with Gasteiger partial charge in [-0.3, -0.25) is 9.69 Å². The number of rotatable bonds is 9. The Labute approximate surface area is 254 Å². The van der Waals surface area contributed by atoms with Gasteiger partial charge in [-0.15, -0.1) is 0 Å². The number of ether oxygens (including phenoxy) is 4. The van der Waals surface area contributed by atoms with Gasteiger partial charge < -0.3 is 24.3 Å². The van der Waals surface area contributed by atoms with Gasteiger partial charge in [0.05, 0.1) is 32.5 Å². The van der Waals surface area contributed by atoms with Crippen LogP contribution in [0.5, 0.6) is 11.5 Å². The molecule has 7 nitrogen and oxygen atoms in total. The number of carbonyl (C=O) groups is 1. The van der Waals surface area contributed by atoms with E-state index in [9.17, 15) is 4.79 Å². The quantitative estimate of drug-likeness (QED) is 0.429. The molecule has 2 heterocycles. The van der Waals surface area contributed by atoms with E-state index >= 15 is 0 Å². The number of amides is 1. The Bertz CT molecular complexity index is 1490. The third-order valence-corrected chi connectivity index (χ3v) is 13.2. The van der Waals surface area contributed by atoms with E-state index in [1.165, 1.54) is 63.2 Å². The highest BCUT2D eigenvalue weighted by Gasteiger charge is 2.85. The highest BCUT2D eigenvalue weighted by atomic mass is 16.5. The lowest BCUT2D eigenvalue weighted by Gasteiger charge is -2.71. The smallest absolute Gasteiger partial charge is 0.221 e. The lowest BCUT2D eigenvalue weighted by atomic mass is 9.37. The van der Waals surface area contributed by atoms with E-state index in [-0.39, 0.29) is 22.3 Å². The number of anilines is 1. The molecule has 0 radical (unpaired) electrons. The molecule has 43 heavy (non-hydrogen) atoms. The van der Waals surface area contributed by atoms with Crippen molar-refractivity contribution in [1.82, 2.24) is 4.90 Å². The van der Waals surface area contributed by atoms with Crippen molar-refractivity contribution in [3.05, 3.63) is 53.1 Å². The van der Waals surface area contributed by atoms with Gasteiger partial charge in [-0.05, 0) is 85.6 Å². The van der Waals surface area contributed by atoms with Crippen molar-refractivity contribution >= 4 is 11.6 Å². The summed E-state index contributed by atoms with van der Waals surface area (Å²) in [4.78, 5) is 14.4. The summed E-state index contributed by atoms with van der Waals surface area (Å²) in [5.41, 5.74) is 5.29. The van der Waals surface area contributed by atoms with E-state index in [0.717, 1.165) is 41.5 Å². The summed E-state index contributed by atoms with van der Waals surface area (Å²) in [5.74, 6) is 3.38. The third kappa shape index (κ3) is 3.34. The predicted molar refractivity (Wildman–Crippen MR) is 162 cm³/mol. The average Bonchev–Trinajstić information content (AvgIpc) is 3.80. The van der Waals surface area contributed by atoms with Crippen molar-refractivity contribution in [2.24, 2.45) is 28.6 Å². The van der Waals surface area contributed by atoms with Crippen LogP contribution in [0.3, 0.4) is 0 Å². The van der Waals surface area contributed by atoms with E-state index in [0.29, 0.717) is 43.1 Å². The van der Waals surface area contributed by atoms with Gasteiger partial charge >= 0.3 is 0 Å². The number of nitrogens with one attached hydrogen (secondary N) is 1. The molecule has 2 aliphatic heterocycles. The molecule has 5 saturated carbocycles. The Hall–Kier alpha value is -2.61. The number of carbonyl (C=O) groups excluding carboxylic acids is 1. The number of hydrogen-bond acceptors (Lipinski definition) is 6. The molecule has 7 unspecified atom stereocenters. The lowest BCUT2D eigenvalue weighted by Crippen LogP contribution is -2.76. The number of fused-ring (bicyclic) bond motifs is 2. The minimum atomic E-state index is -0.265. The fourth-order valence-corrected chi connectivity index (χ4v) is 12.0. The number of likely N-dealkylation sites (tertiary alicyclic amines) is 1. The maximum absolute atomic E-state index is 11.4. The van der Waals surface area contributed by atoms with Crippen LogP contribution < -0.4 is 14.8 Å². The van der Waals surface area contributed by atoms with Gasteiger partial charge in [-0.2, -0.15) is 0 Å². The van der Waals surface area contributed by atoms with Gasteiger partial charge in [0.25, 0.3) is 0 Å². The number of benzene rings is 2. The van der Waals surface area contributed by atoms with E-state index in [1.54, 1.807) is 7.11 Å². The highest BCUT2D eigenvalue weighted by Crippen LogP contribution is 2.84. The molecule has 10 rings (SSSR count). The molecule has 6 aliphatic carbocycles. The summed E-state index contributed by atoms with van der Waals surface area (Å²) < 4.78 is 26.0. The number of methoxy groups -OCH3 is 2. The first kappa shape index (κ1) is 26.8. The highest BCUT2D eigenvalue weighted by molar-refractivity contribution is 5.88. The standard InChI is InChI=1S/C36H44N2O5/c1-22(39)37-27-9-6-24(7-10-27)17-42-18-26-15-34-12-13-36(26,41-3)29-19-43-31-28(40-2)11-8-25-14-33(20-35(29,34)30(25)31)21-38(32(33)34)16-23-4-5-23/h6-11,23,26,29,32H,4-5,12-21H2,1-3H3,(H,37,39). The fourth-order valence-electron chi connectivity index (χ4n) is 12.0. The Kier molecular flexibility index (Phi) is 5.59. The van der Waals surface area contributed by atoms with Crippen molar-refractivity contribution in [2.75, 3.05) is 45.8 Å². The second kappa shape index (κ2) is 8.98. The number of hydrogen-bond donors (Lipinski definition) is 1. The largest absolute Gasteiger partial charge is 0.493 e. The van der Waals surface area contributed by atoms with Gasteiger partial charge in [0.15, 0.2) is 11.5 Å². The molecule has 7 heteroatoms. The van der Waals surface area contributed by atoms with Gasteiger partial charge in [-0.25, -0.2) is 0 Å². The fraction of sp³-hybridized carbons (Fsp3) is 0.639. The topological polar surface area (TPSA) is 69.3 Å². The third-order valence-electron chi connectivity index (χ3n) is 13.2. The van der Waals surface area contributed by atoms with Crippen LogP contribution in [0.15, 0.2) is 36.4 Å². The molecule has 0 aromatic heterocycles. The summed E-state index contributed by atoms with van der Waals surface area (Å²) in [6.07, 6.45) is 8.71. The van der Waals surface area contributed by atoms with Crippen LogP contribution in [0.25, 0.3) is 0 Å². The Morgan fingerprint density at radius 3 is 2.70 bits per heavy atom. The summed E-state index contributed by atoms with van der Waals surface area (Å²) >= 11 is 0. The van der Waals surface area contributed by atoms with Crippen LogP contribution in [0.4, 0.5) is 5.69 Å². The van der Waals surface area contributed by atoms with Crippen molar-refractivity contribution < 1.29 is 23.7 Å². The van der Waals surface area contributed by atoms with Crippen molar-refractivity contribution in [3.63, 3.8) is 0 Å². The van der Waals surface area contributed by atoms with E-state index in [4.69, 9.17) is 18.9 Å². The molecule has 7 atom stereocenters. The first-order chi connectivity index (χ1) is 20.9. The van der Waals surface area contributed by atoms with E-state index in [1.807, 2.05) is 31.4 Å². The molecule has 228 valence electrons. The van der Waals surface area contributed by atoms with Crippen LogP contribution in [0, 0.1) is 28.6 Å². The predicted octanol–water partition coefficient (Wildman–Crippen LogP) is 5.34. The van der Waals surface area contributed by atoms with Crippen LogP contribution in [0.2, 0.25) is 0 Å². The van der Waals surface area contributed by atoms with Crippen molar-refractivity contribution in [1.29, 1.82) is 0 Å². The normalized spacial score (nSPS) is 39.4.